The van der Waals surface area contributed by atoms with Gasteiger partial charge < -0.3 is 14.8 Å². The Bertz CT molecular complexity index is 394. The molecule has 1 aromatic carbocycles. The van der Waals surface area contributed by atoms with Crippen molar-refractivity contribution in [1.82, 2.24) is 5.32 Å². The van der Waals surface area contributed by atoms with E-state index in [9.17, 15) is 0 Å². The predicted molar refractivity (Wildman–Crippen MR) is 81.0 cm³/mol. The first kappa shape index (κ1) is 14.8. The number of benzene rings is 1. The van der Waals surface area contributed by atoms with Gasteiger partial charge in [-0.3, -0.25) is 0 Å². The van der Waals surface area contributed by atoms with Crippen LogP contribution in [0.1, 0.15) is 24.0 Å². The number of hydrogen-bond donors (Lipinski definition) is 1. The van der Waals surface area contributed by atoms with Gasteiger partial charge in [0.25, 0.3) is 0 Å². The molecule has 0 aliphatic carbocycles. The van der Waals surface area contributed by atoms with Gasteiger partial charge in [-0.25, -0.2) is 0 Å². The minimum absolute atomic E-state index is 0.589. The summed E-state index contributed by atoms with van der Waals surface area (Å²) >= 11 is 3.57. The summed E-state index contributed by atoms with van der Waals surface area (Å²) in [5.41, 5.74) is 2.43. The first-order valence-corrected chi connectivity index (χ1v) is 7.67. The van der Waals surface area contributed by atoms with Crippen LogP contribution in [0, 0.1) is 13.8 Å². The molecule has 0 aromatic heterocycles. The third-order valence-electron chi connectivity index (χ3n) is 3.44. The molecule has 0 saturated carbocycles. The van der Waals surface area contributed by atoms with Crippen molar-refractivity contribution in [3.63, 3.8) is 0 Å². The average Bonchev–Trinajstić information content (AvgIpc) is 2.42. The molecular formula is C15H22BrNO2. The summed E-state index contributed by atoms with van der Waals surface area (Å²) in [7, 11) is 0. The van der Waals surface area contributed by atoms with E-state index in [1.165, 1.54) is 15.6 Å². The Hall–Kier alpha value is -0.580. The first-order chi connectivity index (χ1) is 9.16. The third-order valence-corrected chi connectivity index (χ3v) is 4.69. The summed E-state index contributed by atoms with van der Waals surface area (Å²) in [4.78, 5) is 0. The fourth-order valence-electron chi connectivity index (χ4n) is 2.32. The van der Waals surface area contributed by atoms with Crippen LogP contribution in [-0.4, -0.2) is 32.4 Å². The highest BCUT2D eigenvalue weighted by Crippen LogP contribution is 2.26. The van der Waals surface area contributed by atoms with Gasteiger partial charge >= 0.3 is 0 Å². The van der Waals surface area contributed by atoms with E-state index in [4.69, 9.17) is 9.47 Å². The van der Waals surface area contributed by atoms with Crippen molar-refractivity contribution < 1.29 is 9.47 Å². The fraction of sp³-hybridized carbons (Fsp3) is 0.600. The molecule has 1 saturated heterocycles. The van der Waals surface area contributed by atoms with Gasteiger partial charge in [0, 0.05) is 30.3 Å². The fourth-order valence-corrected chi connectivity index (χ4v) is 2.55. The van der Waals surface area contributed by atoms with E-state index in [2.05, 4.69) is 47.2 Å². The van der Waals surface area contributed by atoms with Crippen LogP contribution in [0.2, 0.25) is 0 Å². The second-order valence-electron chi connectivity index (χ2n) is 5.06. The molecule has 0 amide bonds. The maximum Gasteiger partial charge on any atom is 0.119 e. The van der Waals surface area contributed by atoms with E-state index in [-0.39, 0.29) is 0 Å². The first-order valence-electron chi connectivity index (χ1n) is 6.87. The van der Waals surface area contributed by atoms with Gasteiger partial charge in [0.05, 0.1) is 0 Å². The van der Waals surface area contributed by atoms with E-state index in [1.807, 2.05) is 0 Å². The van der Waals surface area contributed by atoms with Crippen LogP contribution >= 0.6 is 15.9 Å². The lowest BCUT2D eigenvalue weighted by atomic mass is 10.1. The van der Waals surface area contributed by atoms with Crippen LogP contribution in [0.4, 0.5) is 0 Å². The van der Waals surface area contributed by atoms with E-state index in [0.29, 0.717) is 12.6 Å². The summed E-state index contributed by atoms with van der Waals surface area (Å²) in [5.74, 6) is 0.951. The molecule has 4 heteroatoms. The van der Waals surface area contributed by atoms with Gasteiger partial charge in [-0.2, -0.15) is 0 Å². The Kier molecular flexibility index (Phi) is 5.67. The lowest BCUT2D eigenvalue weighted by molar-refractivity contribution is 0.0770. The van der Waals surface area contributed by atoms with E-state index < -0.39 is 0 Å². The number of halogens is 1. The maximum absolute atomic E-state index is 5.80. The highest BCUT2D eigenvalue weighted by molar-refractivity contribution is 9.10. The van der Waals surface area contributed by atoms with Crippen LogP contribution in [0.5, 0.6) is 5.75 Å². The SMILES string of the molecule is Cc1cc(OCCNC2CCOCC2)cc(C)c1Br. The van der Waals surface area contributed by atoms with E-state index in [1.54, 1.807) is 0 Å². The van der Waals surface area contributed by atoms with Crippen molar-refractivity contribution in [2.75, 3.05) is 26.4 Å². The Balaban J connectivity index is 1.73. The smallest absolute Gasteiger partial charge is 0.119 e. The number of nitrogens with one attached hydrogen (secondary N) is 1. The zero-order chi connectivity index (χ0) is 13.7. The predicted octanol–water partition coefficient (Wildman–Crippen LogP) is 3.21. The van der Waals surface area contributed by atoms with Crippen LogP contribution in [0.25, 0.3) is 0 Å². The minimum Gasteiger partial charge on any atom is -0.492 e. The van der Waals surface area contributed by atoms with Crippen LogP contribution < -0.4 is 10.1 Å². The Morgan fingerprint density at radius 1 is 1.26 bits per heavy atom. The molecule has 0 bridgehead atoms. The van der Waals surface area contributed by atoms with Gasteiger partial charge in [0.15, 0.2) is 0 Å². The van der Waals surface area contributed by atoms with Crippen molar-refractivity contribution in [1.29, 1.82) is 0 Å². The normalized spacial score (nSPS) is 16.6. The zero-order valence-corrected chi connectivity index (χ0v) is 13.3. The number of aryl methyl sites for hydroxylation is 2. The molecule has 1 aliphatic rings. The molecule has 106 valence electrons. The summed E-state index contributed by atoms with van der Waals surface area (Å²) < 4.78 is 12.3. The van der Waals surface area contributed by atoms with Gasteiger partial charge in [-0.05, 0) is 49.9 Å². The van der Waals surface area contributed by atoms with Gasteiger partial charge in [-0.1, -0.05) is 15.9 Å². The molecule has 1 N–H and O–H groups in total. The van der Waals surface area contributed by atoms with Crippen LogP contribution in [0.3, 0.4) is 0 Å². The second kappa shape index (κ2) is 7.27. The Labute approximate surface area is 123 Å². The highest BCUT2D eigenvalue weighted by Gasteiger charge is 2.12. The molecule has 1 heterocycles. The molecule has 1 aromatic rings. The van der Waals surface area contributed by atoms with E-state index >= 15 is 0 Å². The minimum atomic E-state index is 0.589. The number of ether oxygens (including phenoxy) is 2. The van der Waals surface area contributed by atoms with Crippen LogP contribution in [-0.2, 0) is 4.74 Å². The van der Waals surface area contributed by atoms with Crippen LogP contribution in [0.15, 0.2) is 16.6 Å². The molecule has 1 aliphatic heterocycles. The molecule has 3 nitrogen and oxygen atoms in total. The molecule has 1 fully saturated rings. The third kappa shape index (κ3) is 4.48. The second-order valence-corrected chi connectivity index (χ2v) is 5.85. The largest absolute Gasteiger partial charge is 0.492 e. The van der Waals surface area contributed by atoms with Crippen molar-refractivity contribution in [3.8, 4) is 5.75 Å². The zero-order valence-electron chi connectivity index (χ0n) is 11.7. The highest BCUT2D eigenvalue weighted by atomic mass is 79.9. The summed E-state index contributed by atoms with van der Waals surface area (Å²) in [6, 6.07) is 4.74. The quantitative estimate of drug-likeness (QED) is 0.842. The lowest BCUT2D eigenvalue weighted by Crippen LogP contribution is -2.37. The average molecular weight is 328 g/mol. The van der Waals surface area contributed by atoms with Crippen molar-refractivity contribution >= 4 is 15.9 Å². The Morgan fingerprint density at radius 2 is 1.89 bits per heavy atom. The Morgan fingerprint density at radius 3 is 2.53 bits per heavy atom. The molecule has 2 rings (SSSR count). The number of rotatable bonds is 5. The topological polar surface area (TPSA) is 30.5 Å². The molecule has 19 heavy (non-hydrogen) atoms. The molecular weight excluding hydrogens is 306 g/mol. The number of hydrogen-bond acceptors (Lipinski definition) is 3. The van der Waals surface area contributed by atoms with Crippen molar-refractivity contribution in [2.24, 2.45) is 0 Å². The maximum atomic E-state index is 5.80. The standard InChI is InChI=1S/C15H22BrNO2/c1-11-9-14(10-12(2)15(11)16)19-8-5-17-13-3-6-18-7-4-13/h9-10,13,17H,3-8H2,1-2H3. The van der Waals surface area contributed by atoms with Crippen molar-refractivity contribution in [3.05, 3.63) is 27.7 Å². The van der Waals surface area contributed by atoms with Gasteiger partial charge in [0.1, 0.15) is 12.4 Å². The molecule has 0 atom stereocenters. The molecule has 0 radical (unpaired) electrons. The summed E-state index contributed by atoms with van der Waals surface area (Å²) in [6.45, 7) is 7.53. The van der Waals surface area contributed by atoms with Gasteiger partial charge in [-0.15, -0.1) is 0 Å². The summed E-state index contributed by atoms with van der Waals surface area (Å²) in [5, 5.41) is 3.52. The van der Waals surface area contributed by atoms with Gasteiger partial charge in [0.2, 0.25) is 0 Å². The molecule has 0 spiro atoms. The molecule has 0 unspecified atom stereocenters. The monoisotopic (exact) mass is 327 g/mol. The summed E-state index contributed by atoms with van der Waals surface area (Å²) in [6.07, 6.45) is 2.22. The van der Waals surface area contributed by atoms with E-state index in [0.717, 1.165) is 38.3 Å². The van der Waals surface area contributed by atoms with Crippen molar-refractivity contribution in [2.45, 2.75) is 32.7 Å². The lowest BCUT2D eigenvalue weighted by Gasteiger charge is -2.23.